The highest BCUT2D eigenvalue weighted by Gasteiger charge is 2.18. The van der Waals surface area contributed by atoms with Crippen LogP contribution in [-0.4, -0.2) is 19.6 Å². The molecule has 3 heteroatoms. The van der Waals surface area contributed by atoms with E-state index in [1.165, 1.54) is 45.6 Å². The highest BCUT2D eigenvalue weighted by molar-refractivity contribution is 5.89. The smallest absolute Gasteiger partial charge is 0.335 e. The van der Waals surface area contributed by atoms with E-state index in [0.717, 1.165) is 43.5 Å². The summed E-state index contributed by atoms with van der Waals surface area (Å²) in [6, 6.07) is 0. The van der Waals surface area contributed by atoms with Gasteiger partial charge >= 0.3 is 5.97 Å². The van der Waals surface area contributed by atoms with Crippen LogP contribution in [0.25, 0.3) is 0 Å². The number of hydrogen-bond acceptors (Lipinski definition) is 3. The summed E-state index contributed by atoms with van der Waals surface area (Å²) >= 11 is 0. The average Bonchev–Trinajstić information content (AvgIpc) is 2.73. The number of carbonyl (C=O) groups excluding carboxylic acids is 1. The van der Waals surface area contributed by atoms with Crippen LogP contribution in [0, 0.1) is 0 Å². The van der Waals surface area contributed by atoms with Crippen molar-refractivity contribution in [3.63, 3.8) is 0 Å². The molecule has 0 aliphatic heterocycles. The largest absolute Gasteiger partial charge is 0.466 e. The van der Waals surface area contributed by atoms with Gasteiger partial charge in [0.15, 0.2) is 0 Å². The van der Waals surface area contributed by atoms with E-state index in [9.17, 15) is 4.79 Å². The summed E-state index contributed by atoms with van der Waals surface area (Å²) in [5.74, 6) is -0.147. The minimum Gasteiger partial charge on any atom is -0.466 e. The third kappa shape index (κ3) is 4.39. The van der Waals surface area contributed by atoms with E-state index in [1.807, 2.05) is 0 Å². The molecule has 0 aromatic heterocycles. The molecule has 0 saturated heterocycles. The molecular weight excluding hydrogens is 250 g/mol. The maximum Gasteiger partial charge on any atom is 0.335 e. The van der Waals surface area contributed by atoms with E-state index in [1.54, 1.807) is 5.57 Å². The van der Waals surface area contributed by atoms with E-state index in [4.69, 9.17) is 4.74 Å². The summed E-state index contributed by atoms with van der Waals surface area (Å²) in [5.41, 5.74) is 3.59. The first kappa shape index (κ1) is 15.1. The van der Waals surface area contributed by atoms with Gasteiger partial charge in [-0.1, -0.05) is 18.1 Å². The lowest BCUT2D eigenvalue weighted by atomic mass is 9.97. The lowest BCUT2D eigenvalue weighted by molar-refractivity contribution is -0.136. The lowest BCUT2D eigenvalue weighted by Gasteiger charge is -2.16. The maximum absolute atomic E-state index is 11.9. The molecule has 3 nitrogen and oxygen atoms in total. The number of rotatable bonds is 5. The molecule has 0 radical (unpaired) electrons. The third-order valence-corrected chi connectivity index (χ3v) is 4.32. The Morgan fingerprint density at radius 3 is 2.70 bits per heavy atom. The van der Waals surface area contributed by atoms with Gasteiger partial charge < -0.3 is 10.1 Å². The van der Waals surface area contributed by atoms with Gasteiger partial charge in [0.25, 0.3) is 0 Å². The van der Waals surface area contributed by atoms with Gasteiger partial charge in [0.2, 0.25) is 0 Å². The predicted octanol–water partition coefficient (Wildman–Crippen LogP) is 3.86. The summed E-state index contributed by atoms with van der Waals surface area (Å²) in [5, 5.41) is 3.51. The van der Waals surface area contributed by atoms with Gasteiger partial charge in [-0.25, -0.2) is 4.79 Å². The minimum atomic E-state index is -0.147. The number of ether oxygens (including phenoxy) is 1. The molecular formula is C17H27NO2. The van der Waals surface area contributed by atoms with Crippen molar-refractivity contribution >= 4 is 5.97 Å². The zero-order valence-corrected chi connectivity index (χ0v) is 12.7. The summed E-state index contributed by atoms with van der Waals surface area (Å²) in [6.45, 7) is 0.946. The second-order valence-electron chi connectivity index (χ2n) is 5.79. The fraction of sp³-hybridized carbons (Fsp3) is 0.706. The lowest BCUT2D eigenvalue weighted by Crippen LogP contribution is -2.20. The molecule has 20 heavy (non-hydrogen) atoms. The molecule has 0 fully saturated rings. The van der Waals surface area contributed by atoms with Crippen molar-refractivity contribution < 1.29 is 9.53 Å². The second kappa shape index (κ2) is 8.13. The number of carbonyl (C=O) groups is 1. The molecule has 0 unspecified atom stereocenters. The van der Waals surface area contributed by atoms with Crippen LogP contribution in [0.3, 0.4) is 0 Å². The Labute approximate surface area is 122 Å². The molecule has 0 atom stereocenters. The first-order chi connectivity index (χ1) is 9.81. The molecule has 2 aliphatic rings. The van der Waals surface area contributed by atoms with Crippen molar-refractivity contribution in [2.75, 3.05) is 13.7 Å². The van der Waals surface area contributed by atoms with E-state index >= 15 is 0 Å². The van der Waals surface area contributed by atoms with Crippen molar-refractivity contribution in [2.45, 2.75) is 64.2 Å². The van der Waals surface area contributed by atoms with Gasteiger partial charge in [0.1, 0.15) is 0 Å². The van der Waals surface area contributed by atoms with E-state index in [2.05, 4.69) is 11.4 Å². The Morgan fingerprint density at radius 2 is 1.95 bits per heavy atom. The van der Waals surface area contributed by atoms with Crippen molar-refractivity contribution in [3.05, 3.63) is 22.9 Å². The minimum absolute atomic E-state index is 0.147. The van der Waals surface area contributed by atoms with E-state index in [-0.39, 0.29) is 5.97 Å². The monoisotopic (exact) mass is 277 g/mol. The second-order valence-corrected chi connectivity index (χ2v) is 5.79. The first-order valence-corrected chi connectivity index (χ1v) is 8.03. The number of methoxy groups -OCH3 is 1. The van der Waals surface area contributed by atoms with Gasteiger partial charge in [-0.05, 0) is 57.8 Å². The predicted molar refractivity (Wildman–Crippen MR) is 81.3 cm³/mol. The van der Waals surface area contributed by atoms with Crippen LogP contribution < -0.4 is 5.32 Å². The molecule has 0 spiro atoms. The fourth-order valence-electron chi connectivity index (χ4n) is 3.13. The number of esters is 1. The van der Waals surface area contributed by atoms with Crippen LogP contribution in [0.4, 0.5) is 0 Å². The Bertz CT molecular complexity index is 396. The molecule has 112 valence electrons. The van der Waals surface area contributed by atoms with Gasteiger partial charge in [0.05, 0.1) is 12.7 Å². The quantitative estimate of drug-likeness (QED) is 0.612. The number of allylic oxidation sites excluding steroid dienone is 2. The van der Waals surface area contributed by atoms with Crippen molar-refractivity contribution in [1.29, 1.82) is 0 Å². The van der Waals surface area contributed by atoms with Crippen LogP contribution >= 0.6 is 0 Å². The summed E-state index contributed by atoms with van der Waals surface area (Å²) in [4.78, 5) is 11.9. The molecule has 0 aromatic rings. The summed E-state index contributed by atoms with van der Waals surface area (Å²) in [6.07, 6.45) is 14.0. The molecule has 0 amide bonds. The maximum atomic E-state index is 11.9. The van der Waals surface area contributed by atoms with E-state index < -0.39 is 0 Å². The van der Waals surface area contributed by atoms with Gasteiger partial charge in [0, 0.05) is 12.2 Å². The van der Waals surface area contributed by atoms with Crippen LogP contribution in [0.5, 0.6) is 0 Å². The zero-order valence-electron chi connectivity index (χ0n) is 12.7. The number of nitrogens with one attached hydrogen (secondary N) is 1. The van der Waals surface area contributed by atoms with Crippen LogP contribution in [0.1, 0.15) is 64.2 Å². The van der Waals surface area contributed by atoms with Crippen molar-refractivity contribution in [1.82, 2.24) is 5.32 Å². The standard InChI is InChI=1S/C17H27NO2/c1-20-17(19)15-10-6-3-7-11-16(15)18-13-12-14-8-4-2-5-9-14/h8,18H,2-7,9-13H2,1H3. The highest BCUT2D eigenvalue weighted by Crippen LogP contribution is 2.24. The Balaban J connectivity index is 1.91. The van der Waals surface area contributed by atoms with Crippen LogP contribution in [0.2, 0.25) is 0 Å². The molecule has 0 heterocycles. The molecule has 0 aromatic carbocycles. The normalized spacial score (nSPS) is 20.1. The molecule has 0 bridgehead atoms. The van der Waals surface area contributed by atoms with Gasteiger partial charge in [-0.15, -0.1) is 0 Å². The first-order valence-electron chi connectivity index (χ1n) is 8.03. The molecule has 1 N–H and O–H groups in total. The van der Waals surface area contributed by atoms with Gasteiger partial charge in [-0.2, -0.15) is 0 Å². The summed E-state index contributed by atoms with van der Waals surface area (Å²) in [7, 11) is 1.48. The molecule has 2 rings (SSSR count). The highest BCUT2D eigenvalue weighted by atomic mass is 16.5. The number of hydrogen-bond donors (Lipinski definition) is 1. The average molecular weight is 277 g/mol. The molecule has 0 saturated carbocycles. The van der Waals surface area contributed by atoms with Gasteiger partial charge in [-0.3, -0.25) is 0 Å². The SMILES string of the molecule is COC(=O)C1=C(NCCC2=CCCCC2)CCCCC1. The van der Waals surface area contributed by atoms with Crippen molar-refractivity contribution in [3.8, 4) is 0 Å². The fourth-order valence-corrected chi connectivity index (χ4v) is 3.13. The third-order valence-electron chi connectivity index (χ3n) is 4.32. The van der Waals surface area contributed by atoms with Crippen LogP contribution in [-0.2, 0) is 9.53 Å². The summed E-state index contributed by atoms with van der Waals surface area (Å²) < 4.78 is 4.92. The Kier molecular flexibility index (Phi) is 6.16. The molecule has 2 aliphatic carbocycles. The zero-order chi connectivity index (χ0) is 14.2. The topological polar surface area (TPSA) is 38.3 Å². The van der Waals surface area contributed by atoms with Crippen LogP contribution in [0.15, 0.2) is 22.9 Å². The Hall–Kier alpha value is -1.25. The van der Waals surface area contributed by atoms with Crippen molar-refractivity contribution in [2.24, 2.45) is 0 Å². The Morgan fingerprint density at radius 1 is 1.15 bits per heavy atom. The van der Waals surface area contributed by atoms with E-state index in [0.29, 0.717) is 0 Å².